The van der Waals surface area contributed by atoms with Gasteiger partial charge in [0, 0.05) is 17.6 Å². The lowest BCUT2D eigenvalue weighted by atomic mass is 10.1. The SMILES string of the molecule is CC(CNc1cccc(Br)c1C#N)CN1CCCCC1. The number of hydrogen-bond donors (Lipinski definition) is 1. The van der Waals surface area contributed by atoms with Gasteiger partial charge < -0.3 is 10.2 Å². The molecule has 1 fully saturated rings. The van der Waals surface area contributed by atoms with E-state index in [1.54, 1.807) is 0 Å². The van der Waals surface area contributed by atoms with Crippen LogP contribution in [0.15, 0.2) is 22.7 Å². The number of anilines is 1. The van der Waals surface area contributed by atoms with Gasteiger partial charge in [0.1, 0.15) is 6.07 Å². The number of likely N-dealkylation sites (tertiary alicyclic amines) is 1. The summed E-state index contributed by atoms with van der Waals surface area (Å²) in [5.74, 6) is 0.582. The Kier molecular flexibility index (Phi) is 5.87. The first-order valence-corrected chi connectivity index (χ1v) is 8.15. The molecule has 0 aliphatic carbocycles. The molecular formula is C16H22BrN3. The summed E-state index contributed by atoms with van der Waals surface area (Å²) in [6.07, 6.45) is 4.06. The standard InChI is InChI=1S/C16H22BrN3/c1-13(12-20-8-3-2-4-9-20)11-19-16-7-5-6-15(17)14(16)10-18/h5-7,13,19H,2-4,8-9,11-12H2,1H3. The number of halogens is 1. The van der Waals surface area contributed by atoms with E-state index in [2.05, 4.69) is 39.1 Å². The summed E-state index contributed by atoms with van der Waals surface area (Å²) in [4.78, 5) is 2.56. The van der Waals surface area contributed by atoms with Crippen molar-refractivity contribution in [3.63, 3.8) is 0 Å². The number of nitrogens with zero attached hydrogens (tertiary/aromatic N) is 2. The van der Waals surface area contributed by atoms with E-state index in [0.717, 1.165) is 23.2 Å². The van der Waals surface area contributed by atoms with Crippen molar-refractivity contribution in [1.82, 2.24) is 4.90 Å². The van der Waals surface area contributed by atoms with Gasteiger partial charge in [-0.3, -0.25) is 0 Å². The zero-order chi connectivity index (χ0) is 14.4. The number of hydrogen-bond acceptors (Lipinski definition) is 3. The topological polar surface area (TPSA) is 39.1 Å². The molecule has 0 radical (unpaired) electrons. The Hall–Kier alpha value is -1.05. The molecule has 0 spiro atoms. The van der Waals surface area contributed by atoms with Gasteiger partial charge in [-0.15, -0.1) is 0 Å². The van der Waals surface area contributed by atoms with Crippen LogP contribution in [0.3, 0.4) is 0 Å². The van der Waals surface area contributed by atoms with Crippen molar-refractivity contribution in [2.24, 2.45) is 5.92 Å². The van der Waals surface area contributed by atoms with Crippen LogP contribution in [0.4, 0.5) is 5.69 Å². The van der Waals surface area contributed by atoms with Gasteiger partial charge in [0.25, 0.3) is 0 Å². The molecule has 2 rings (SSSR count). The first-order chi connectivity index (χ1) is 9.70. The fourth-order valence-electron chi connectivity index (χ4n) is 2.72. The van der Waals surface area contributed by atoms with Crippen molar-refractivity contribution in [2.45, 2.75) is 26.2 Å². The number of benzene rings is 1. The molecule has 20 heavy (non-hydrogen) atoms. The first-order valence-electron chi connectivity index (χ1n) is 7.35. The quantitative estimate of drug-likeness (QED) is 0.888. The van der Waals surface area contributed by atoms with E-state index in [9.17, 15) is 5.26 Å². The third-order valence-electron chi connectivity index (χ3n) is 3.78. The zero-order valence-electron chi connectivity index (χ0n) is 12.0. The molecule has 1 heterocycles. The second kappa shape index (κ2) is 7.66. The summed E-state index contributed by atoms with van der Waals surface area (Å²) in [6, 6.07) is 8.08. The normalized spacial score (nSPS) is 17.4. The van der Waals surface area contributed by atoms with Gasteiger partial charge in [0.15, 0.2) is 0 Å². The Labute approximate surface area is 130 Å². The van der Waals surface area contributed by atoms with Crippen LogP contribution in [0, 0.1) is 17.2 Å². The molecule has 1 N–H and O–H groups in total. The predicted molar refractivity (Wildman–Crippen MR) is 86.8 cm³/mol. The highest BCUT2D eigenvalue weighted by Gasteiger charge is 2.14. The Morgan fingerprint density at radius 1 is 1.35 bits per heavy atom. The van der Waals surface area contributed by atoms with Gasteiger partial charge in [-0.1, -0.05) is 19.4 Å². The van der Waals surface area contributed by atoms with Crippen LogP contribution in [0.1, 0.15) is 31.7 Å². The van der Waals surface area contributed by atoms with Crippen LogP contribution in [0.25, 0.3) is 0 Å². The smallest absolute Gasteiger partial charge is 0.103 e. The highest BCUT2D eigenvalue weighted by atomic mass is 79.9. The van der Waals surface area contributed by atoms with Gasteiger partial charge in [0.2, 0.25) is 0 Å². The summed E-state index contributed by atoms with van der Waals surface area (Å²) in [7, 11) is 0. The number of piperidine rings is 1. The lowest BCUT2D eigenvalue weighted by molar-refractivity contribution is 0.204. The summed E-state index contributed by atoms with van der Waals surface area (Å²) in [6.45, 7) is 6.80. The van der Waals surface area contributed by atoms with Crippen LogP contribution in [0.5, 0.6) is 0 Å². The minimum atomic E-state index is 0.582. The maximum atomic E-state index is 9.20. The van der Waals surface area contributed by atoms with Crippen molar-refractivity contribution in [3.05, 3.63) is 28.2 Å². The molecule has 0 amide bonds. The second-order valence-electron chi connectivity index (χ2n) is 5.62. The molecule has 3 nitrogen and oxygen atoms in total. The predicted octanol–water partition coefficient (Wildman–Crippen LogP) is 3.85. The number of nitrogens with one attached hydrogen (secondary N) is 1. The van der Waals surface area contributed by atoms with Gasteiger partial charge >= 0.3 is 0 Å². The average molecular weight is 336 g/mol. The number of rotatable bonds is 5. The minimum absolute atomic E-state index is 0.582. The fraction of sp³-hybridized carbons (Fsp3) is 0.562. The lowest BCUT2D eigenvalue weighted by Crippen LogP contribution is -2.35. The highest BCUT2D eigenvalue weighted by molar-refractivity contribution is 9.10. The third kappa shape index (κ3) is 4.22. The third-order valence-corrected chi connectivity index (χ3v) is 4.45. The zero-order valence-corrected chi connectivity index (χ0v) is 13.6. The molecule has 1 aliphatic rings. The fourth-order valence-corrected chi connectivity index (χ4v) is 3.17. The molecule has 108 valence electrons. The monoisotopic (exact) mass is 335 g/mol. The molecule has 4 heteroatoms. The van der Waals surface area contributed by atoms with Crippen LogP contribution in [-0.4, -0.2) is 31.1 Å². The van der Waals surface area contributed by atoms with Gasteiger partial charge in [-0.2, -0.15) is 5.26 Å². The minimum Gasteiger partial charge on any atom is -0.384 e. The summed E-state index contributed by atoms with van der Waals surface area (Å²) in [5.41, 5.74) is 1.62. The highest BCUT2D eigenvalue weighted by Crippen LogP contribution is 2.24. The van der Waals surface area contributed by atoms with E-state index in [4.69, 9.17) is 0 Å². The molecule has 0 saturated carbocycles. The van der Waals surface area contributed by atoms with Crippen LogP contribution in [-0.2, 0) is 0 Å². The molecule has 1 atom stereocenters. The van der Waals surface area contributed by atoms with E-state index in [0.29, 0.717) is 11.5 Å². The Bertz CT molecular complexity index is 475. The van der Waals surface area contributed by atoms with Crippen LogP contribution >= 0.6 is 15.9 Å². The Balaban J connectivity index is 1.85. The van der Waals surface area contributed by atoms with E-state index < -0.39 is 0 Å². The van der Waals surface area contributed by atoms with Crippen molar-refractivity contribution in [3.8, 4) is 6.07 Å². The maximum Gasteiger partial charge on any atom is 0.103 e. The first kappa shape index (κ1) is 15.3. The molecule has 1 aromatic carbocycles. The number of nitriles is 1. The van der Waals surface area contributed by atoms with E-state index >= 15 is 0 Å². The molecule has 1 saturated heterocycles. The molecule has 1 aromatic rings. The van der Waals surface area contributed by atoms with Crippen molar-refractivity contribution in [1.29, 1.82) is 5.26 Å². The molecular weight excluding hydrogens is 314 g/mol. The molecule has 1 unspecified atom stereocenters. The van der Waals surface area contributed by atoms with Crippen molar-refractivity contribution >= 4 is 21.6 Å². The van der Waals surface area contributed by atoms with Crippen molar-refractivity contribution < 1.29 is 0 Å². The Morgan fingerprint density at radius 3 is 2.80 bits per heavy atom. The van der Waals surface area contributed by atoms with E-state index in [-0.39, 0.29) is 0 Å². The van der Waals surface area contributed by atoms with Gasteiger partial charge in [-0.25, -0.2) is 0 Å². The van der Waals surface area contributed by atoms with Gasteiger partial charge in [-0.05, 0) is 59.9 Å². The maximum absolute atomic E-state index is 9.20. The lowest BCUT2D eigenvalue weighted by Gasteiger charge is -2.29. The van der Waals surface area contributed by atoms with Gasteiger partial charge in [0.05, 0.1) is 11.3 Å². The summed E-state index contributed by atoms with van der Waals surface area (Å²) < 4.78 is 0.855. The largest absolute Gasteiger partial charge is 0.384 e. The van der Waals surface area contributed by atoms with Crippen LogP contribution < -0.4 is 5.32 Å². The second-order valence-corrected chi connectivity index (χ2v) is 6.48. The molecule has 0 bridgehead atoms. The summed E-state index contributed by atoms with van der Waals surface area (Å²) >= 11 is 3.42. The molecule has 0 aromatic heterocycles. The van der Waals surface area contributed by atoms with Crippen molar-refractivity contribution in [2.75, 3.05) is 31.5 Å². The van der Waals surface area contributed by atoms with E-state index in [1.807, 2.05) is 18.2 Å². The van der Waals surface area contributed by atoms with Crippen LogP contribution in [0.2, 0.25) is 0 Å². The Morgan fingerprint density at radius 2 is 2.10 bits per heavy atom. The molecule has 1 aliphatic heterocycles. The average Bonchev–Trinajstić information content (AvgIpc) is 2.46. The summed E-state index contributed by atoms with van der Waals surface area (Å²) in [5, 5.41) is 12.6. The van der Waals surface area contributed by atoms with E-state index in [1.165, 1.54) is 32.4 Å².